The third kappa shape index (κ3) is 3.93. The molecule has 1 N–H and O–H groups in total. The number of rotatable bonds is 6. The second-order valence-corrected chi connectivity index (χ2v) is 9.92. The molecule has 0 aliphatic heterocycles. The maximum atomic E-state index is 13.3. The predicted molar refractivity (Wildman–Crippen MR) is 132 cm³/mol. The number of para-hydroxylation sites is 2. The molecule has 1 amide bonds. The molecule has 0 unspecified atom stereocenters. The monoisotopic (exact) mass is 490 g/mol. The van der Waals surface area contributed by atoms with Crippen molar-refractivity contribution in [2.45, 2.75) is 25.5 Å². The lowest BCUT2D eigenvalue weighted by Gasteiger charge is -2.05. The van der Waals surface area contributed by atoms with Crippen molar-refractivity contribution in [3.8, 4) is 6.07 Å². The van der Waals surface area contributed by atoms with Gasteiger partial charge in [0.25, 0.3) is 0 Å². The number of thioether (sulfide) groups is 1. The largest absolute Gasteiger partial charge is 0.316 e. The molecule has 7 nitrogen and oxygen atoms in total. The highest BCUT2D eigenvalue weighted by Gasteiger charge is 2.19. The van der Waals surface area contributed by atoms with Crippen LogP contribution in [0.3, 0.4) is 0 Å². The van der Waals surface area contributed by atoms with E-state index in [1.807, 2.05) is 47.1 Å². The molecule has 0 atom stereocenters. The molecule has 0 radical (unpaired) electrons. The van der Waals surface area contributed by atoms with Crippen LogP contribution in [0.5, 0.6) is 0 Å². The highest BCUT2D eigenvalue weighted by molar-refractivity contribution is 7.99. The number of carbonyl (C=O) groups excluding carboxylic acids is 1. The Morgan fingerprint density at radius 3 is 2.62 bits per heavy atom. The lowest BCUT2D eigenvalue weighted by Crippen LogP contribution is -2.14. The zero-order valence-corrected chi connectivity index (χ0v) is 20.0. The fourth-order valence-electron chi connectivity index (χ4n) is 3.80. The SMILES string of the molecule is Cc1sc(NC(=O)CSc2nnc3n(Cc4ccc(F)cc4)c4ccccc4n23)c(C#N)c1C. The van der Waals surface area contributed by atoms with Crippen LogP contribution in [0.15, 0.2) is 53.7 Å². The number of nitriles is 1. The van der Waals surface area contributed by atoms with Gasteiger partial charge in [0.2, 0.25) is 11.7 Å². The van der Waals surface area contributed by atoms with E-state index >= 15 is 0 Å². The van der Waals surface area contributed by atoms with Crippen LogP contribution in [-0.2, 0) is 11.3 Å². The molecule has 0 bridgehead atoms. The summed E-state index contributed by atoms with van der Waals surface area (Å²) in [6.45, 7) is 4.32. The van der Waals surface area contributed by atoms with Crippen LogP contribution in [0.1, 0.15) is 21.6 Å². The average Bonchev–Trinajstić information content (AvgIpc) is 3.46. The van der Waals surface area contributed by atoms with Crippen molar-refractivity contribution in [3.05, 3.63) is 75.9 Å². The van der Waals surface area contributed by atoms with E-state index in [1.165, 1.54) is 35.2 Å². The van der Waals surface area contributed by atoms with Crippen LogP contribution in [0, 0.1) is 31.0 Å². The molecule has 34 heavy (non-hydrogen) atoms. The summed E-state index contributed by atoms with van der Waals surface area (Å²) < 4.78 is 17.3. The Labute approximate surface area is 202 Å². The lowest BCUT2D eigenvalue weighted by molar-refractivity contribution is -0.113. The van der Waals surface area contributed by atoms with Crippen molar-refractivity contribution in [1.29, 1.82) is 5.26 Å². The molecule has 5 rings (SSSR count). The highest BCUT2D eigenvalue weighted by Crippen LogP contribution is 2.32. The first-order valence-electron chi connectivity index (χ1n) is 10.5. The Hall–Kier alpha value is -3.68. The summed E-state index contributed by atoms with van der Waals surface area (Å²) >= 11 is 2.68. The number of halogens is 1. The molecule has 0 aliphatic rings. The van der Waals surface area contributed by atoms with E-state index in [-0.39, 0.29) is 17.5 Å². The van der Waals surface area contributed by atoms with Gasteiger partial charge in [-0.25, -0.2) is 4.39 Å². The summed E-state index contributed by atoms with van der Waals surface area (Å²) in [4.78, 5) is 13.6. The van der Waals surface area contributed by atoms with Crippen LogP contribution >= 0.6 is 23.1 Å². The highest BCUT2D eigenvalue weighted by atomic mass is 32.2. The number of anilines is 1. The van der Waals surface area contributed by atoms with Crippen molar-refractivity contribution in [3.63, 3.8) is 0 Å². The minimum Gasteiger partial charge on any atom is -0.316 e. The summed E-state index contributed by atoms with van der Waals surface area (Å²) in [5.41, 5.74) is 4.23. The summed E-state index contributed by atoms with van der Waals surface area (Å²) in [6, 6.07) is 16.4. The van der Waals surface area contributed by atoms with Crippen molar-refractivity contribution < 1.29 is 9.18 Å². The van der Waals surface area contributed by atoms with Crippen LogP contribution in [0.4, 0.5) is 9.39 Å². The zero-order chi connectivity index (χ0) is 23.8. The van der Waals surface area contributed by atoms with Crippen molar-refractivity contribution >= 4 is 50.8 Å². The number of aryl methyl sites for hydroxylation is 1. The van der Waals surface area contributed by atoms with E-state index in [1.54, 1.807) is 12.1 Å². The Kier molecular flexibility index (Phi) is 5.81. The van der Waals surface area contributed by atoms with Gasteiger partial charge in [-0.15, -0.1) is 21.5 Å². The van der Waals surface area contributed by atoms with Gasteiger partial charge in [0, 0.05) is 4.88 Å². The first kappa shape index (κ1) is 22.1. The second-order valence-electron chi connectivity index (χ2n) is 7.76. The van der Waals surface area contributed by atoms with Gasteiger partial charge >= 0.3 is 0 Å². The van der Waals surface area contributed by atoms with Crippen molar-refractivity contribution in [2.24, 2.45) is 0 Å². The van der Waals surface area contributed by atoms with E-state index in [2.05, 4.69) is 21.6 Å². The summed E-state index contributed by atoms with van der Waals surface area (Å²) in [5, 5.41) is 22.1. The standard InChI is InChI=1S/C24H19FN6OS2/c1-14-15(2)34-22(18(14)11-26)27-21(32)13-33-24-29-28-23-30(12-16-7-9-17(25)10-8-16)19-5-3-4-6-20(19)31(23)24/h3-10H,12-13H2,1-2H3,(H,27,32). The Bertz CT molecular complexity index is 1580. The normalized spacial score (nSPS) is 11.2. The maximum absolute atomic E-state index is 13.3. The van der Waals surface area contributed by atoms with Gasteiger partial charge in [-0.1, -0.05) is 36.0 Å². The van der Waals surface area contributed by atoms with Gasteiger partial charge in [0.15, 0.2) is 5.16 Å². The number of imidazole rings is 1. The molecular weight excluding hydrogens is 471 g/mol. The number of nitrogens with one attached hydrogen (secondary N) is 1. The van der Waals surface area contributed by atoms with E-state index in [0.29, 0.717) is 28.0 Å². The Morgan fingerprint density at radius 2 is 1.88 bits per heavy atom. The molecule has 10 heteroatoms. The van der Waals surface area contributed by atoms with Crippen molar-refractivity contribution in [2.75, 3.05) is 11.1 Å². The van der Waals surface area contributed by atoms with Gasteiger partial charge in [-0.05, 0) is 49.2 Å². The first-order chi connectivity index (χ1) is 16.5. The second kappa shape index (κ2) is 8.93. The van der Waals surface area contributed by atoms with Crippen molar-refractivity contribution in [1.82, 2.24) is 19.2 Å². The third-order valence-corrected chi connectivity index (χ3v) is 7.66. The number of benzene rings is 2. The quantitative estimate of drug-likeness (QED) is 0.333. The van der Waals surface area contributed by atoms with Crippen LogP contribution in [0.2, 0.25) is 0 Å². The molecule has 5 aromatic rings. The lowest BCUT2D eigenvalue weighted by atomic mass is 10.2. The minimum atomic E-state index is -0.277. The third-order valence-electron chi connectivity index (χ3n) is 5.61. The maximum Gasteiger partial charge on any atom is 0.237 e. The molecule has 170 valence electrons. The number of thiophene rings is 1. The fourth-order valence-corrected chi connectivity index (χ4v) is 5.57. The molecule has 3 heterocycles. The zero-order valence-electron chi connectivity index (χ0n) is 18.4. The number of fused-ring (bicyclic) bond motifs is 3. The number of hydrogen-bond acceptors (Lipinski definition) is 6. The summed E-state index contributed by atoms with van der Waals surface area (Å²) in [7, 11) is 0. The predicted octanol–water partition coefficient (Wildman–Crippen LogP) is 5.15. The van der Waals surface area contributed by atoms with Crippen LogP contribution < -0.4 is 5.32 Å². The number of amides is 1. The fraction of sp³-hybridized carbons (Fsp3) is 0.167. The Balaban J connectivity index is 1.42. The molecule has 0 spiro atoms. The number of nitrogens with zero attached hydrogens (tertiary/aromatic N) is 5. The van der Waals surface area contributed by atoms with Gasteiger partial charge < -0.3 is 9.88 Å². The topological polar surface area (TPSA) is 88.0 Å². The van der Waals surface area contributed by atoms with E-state index < -0.39 is 0 Å². The number of hydrogen-bond donors (Lipinski definition) is 1. The van der Waals surface area contributed by atoms with Gasteiger partial charge in [0.1, 0.15) is 16.9 Å². The first-order valence-corrected chi connectivity index (χ1v) is 12.3. The molecule has 0 saturated heterocycles. The molecule has 0 fully saturated rings. The minimum absolute atomic E-state index is 0.124. The van der Waals surface area contributed by atoms with Crippen LogP contribution in [-0.4, -0.2) is 30.8 Å². The number of carbonyl (C=O) groups is 1. The smallest absolute Gasteiger partial charge is 0.237 e. The molecule has 2 aromatic carbocycles. The van der Waals surface area contributed by atoms with E-state index in [0.717, 1.165) is 27.0 Å². The van der Waals surface area contributed by atoms with Crippen LogP contribution in [0.25, 0.3) is 16.8 Å². The summed E-state index contributed by atoms with van der Waals surface area (Å²) in [6.07, 6.45) is 0. The molecular formula is C24H19FN6OS2. The molecule has 0 saturated carbocycles. The Morgan fingerprint density at radius 1 is 1.15 bits per heavy atom. The average molecular weight is 491 g/mol. The van der Waals surface area contributed by atoms with Gasteiger partial charge in [-0.3, -0.25) is 9.20 Å². The number of aromatic nitrogens is 4. The molecule has 3 aromatic heterocycles. The van der Waals surface area contributed by atoms with E-state index in [9.17, 15) is 14.4 Å². The summed E-state index contributed by atoms with van der Waals surface area (Å²) in [5.74, 6) is 0.277. The van der Waals surface area contributed by atoms with Gasteiger partial charge in [-0.2, -0.15) is 5.26 Å². The van der Waals surface area contributed by atoms with E-state index in [4.69, 9.17) is 0 Å². The molecule has 0 aliphatic carbocycles. The van der Waals surface area contributed by atoms with Gasteiger partial charge in [0.05, 0.1) is 28.9 Å².